The van der Waals surface area contributed by atoms with Crippen molar-refractivity contribution >= 4 is 11.0 Å². The van der Waals surface area contributed by atoms with Crippen LogP contribution in [0.4, 0.5) is 0 Å². The van der Waals surface area contributed by atoms with Crippen molar-refractivity contribution in [3.05, 3.63) is 53.6 Å². The maximum atomic E-state index is 5.77. The lowest BCUT2D eigenvalue weighted by Gasteiger charge is -2.05. The molecule has 0 fully saturated rings. The summed E-state index contributed by atoms with van der Waals surface area (Å²) in [4.78, 5) is 11.8. The number of hydrogen-bond donors (Lipinski definition) is 2. The summed E-state index contributed by atoms with van der Waals surface area (Å²) in [5.74, 6) is 0.853. The quantitative estimate of drug-likeness (QED) is 0.759. The summed E-state index contributed by atoms with van der Waals surface area (Å²) in [6.07, 6.45) is 4.22. The molecule has 0 saturated carbocycles. The van der Waals surface area contributed by atoms with Crippen LogP contribution in [-0.4, -0.2) is 22.1 Å². The predicted molar refractivity (Wildman–Crippen MR) is 77.6 cm³/mol. The topological polar surface area (TPSA) is 76.8 Å². The number of aromatic nitrogens is 3. The maximum Gasteiger partial charge on any atom is 0.141 e. The third-order valence-corrected chi connectivity index (χ3v) is 3.38. The molecule has 3 N–H and O–H groups in total. The smallest absolute Gasteiger partial charge is 0.141 e. The van der Waals surface area contributed by atoms with Crippen LogP contribution >= 0.6 is 0 Å². The van der Waals surface area contributed by atoms with Crippen molar-refractivity contribution in [1.82, 2.24) is 15.0 Å². The molecule has 0 amide bonds. The number of benzene rings is 1. The average molecular weight is 268 g/mol. The Hall–Kier alpha value is -2.40. The Morgan fingerprint density at radius 2 is 2.00 bits per heavy atom. The second-order valence-electron chi connectivity index (χ2n) is 4.59. The monoisotopic (exact) mass is 268 g/mol. The average Bonchev–Trinajstić information content (AvgIpc) is 2.92. The van der Waals surface area contributed by atoms with Gasteiger partial charge in [-0.05, 0) is 23.3 Å². The highest BCUT2D eigenvalue weighted by Gasteiger charge is 2.10. The molecule has 0 spiro atoms. The van der Waals surface area contributed by atoms with Crippen molar-refractivity contribution in [2.75, 3.05) is 7.11 Å². The Bertz CT molecular complexity index is 718. The first-order valence-electron chi connectivity index (χ1n) is 6.44. The second-order valence-corrected chi connectivity index (χ2v) is 4.59. The standard InChI is InChI=1S/C15H16N4O/c1-20-12-4-2-10(3-5-12)6-13-14-11(7-16)8-17-15(14)19-9-18-13/h2-5,8-9H,6-7,16H2,1H3,(H,17,18,19). The Morgan fingerprint density at radius 1 is 1.20 bits per heavy atom. The molecule has 1 aromatic carbocycles. The van der Waals surface area contributed by atoms with Crippen LogP contribution in [-0.2, 0) is 13.0 Å². The van der Waals surface area contributed by atoms with Gasteiger partial charge in [0, 0.05) is 24.5 Å². The first-order chi connectivity index (χ1) is 9.81. The molecule has 0 atom stereocenters. The minimum Gasteiger partial charge on any atom is -0.497 e. The molecule has 2 aromatic heterocycles. The SMILES string of the molecule is COc1ccc(Cc2ncnc3[nH]cc(CN)c23)cc1. The maximum absolute atomic E-state index is 5.77. The van der Waals surface area contributed by atoms with Gasteiger partial charge < -0.3 is 15.5 Å². The zero-order valence-electron chi connectivity index (χ0n) is 11.3. The van der Waals surface area contributed by atoms with Crippen LogP contribution in [0, 0.1) is 0 Å². The molecule has 2 heterocycles. The van der Waals surface area contributed by atoms with E-state index in [9.17, 15) is 0 Å². The van der Waals surface area contributed by atoms with Gasteiger partial charge in [0.15, 0.2) is 0 Å². The molecule has 20 heavy (non-hydrogen) atoms. The summed E-state index contributed by atoms with van der Waals surface area (Å²) in [5, 5.41) is 1.03. The van der Waals surface area contributed by atoms with Crippen molar-refractivity contribution < 1.29 is 4.74 Å². The number of methoxy groups -OCH3 is 1. The van der Waals surface area contributed by atoms with Gasteiger partial charge in [0.25, 0.3) is 0 Å². The number of aromatic amines is 1. The van der Waals surface area contributed by atoms with Crippen LogP contribution in [0.25, 0.3) is 11.0 Å². The number of rotatable bonds is 4. The summed E-state index contributed by atoms with van der Waals surface area (Å²) in [7, 11) is 1.66. The van der Waals surface area contributed by atoms with Gasteiger partial charge >= 0.3 is 0 Å². The van der Waals surface area contributed by atoms with Crippen LogP contribution in [0.5, 0.6) is 5.75 Å². The van der Waals surface area contributed by atoms with E-state index in [1.165, 1.54) is 5.56 Å². The fourth-order valence-electron chi connectivity index (χ4n) is 2.33. The lowest BCUT2D eigenvalue weighted by molar-refractivity contribution is 0.414. The van der Waals surface area contributed by atoms with E-state index < -0.39 is 0 Å². The molecule has 0 saturated heterocycles. The molecular formula is C15H16N4O. The van der Waals surface area contributed by atoms with Crippen LogP contribution in [0.3, 0.4) is 0 Å². The van der Waals surface area contributed by atoms with E-state index in [0.29, 0.717) is 6.54 Å². The van der Waals surface area contributed by atoms with Crippen LogP contribution in [0.2, 0.25) is 0 Å². The molecule has 0 aliphatic heterocycles. The van der Waals surface area contributed by atoms with Crippen molar-refractivity contribution in [2.45, 2.75) is 13.0 Å². The van der Waals surface area contributed by atoms with Crippen molar-refractivity contribution in [3.8, 4) is 5.75 Å². The fourth-order valence-corrected chi connectivity index (χ4v) is 2.33. The largest absolute Gasteiger partial charge is 0.497 e. The van der Waals surface area contributed by atoms with Crippen molar-refractivity contribution in [2.24, 2.45) is 5.73 Å². The lowest BCUT2D eigenvalue weighted by atomic mass is 10.1. The van der Waals surface area contributed by atoms with E-state index in [4.69, 9.17) is 10.5 Å². The molecule has 0 unspecified atom stereocenters. The number of nitrogens with zero attached hydrogens (tertiary/aromatic N) is 2. The first kappa shape index (κ1) is 12.6. The number of H-pyrrole nitrogens is 1. The number of ether oxygens (including phenoxy) is 1. The zero-order chi connectivity index (χ0) is 13.9. The summed E-state index contributed by atoms with van der Waals surface area (Å²) in [6.45, 7) is 0.475. The molecule has 5 heteroatoms. The van der Waals surface area contributed by atoms with Gasteiger partial charge in [-0.1, -0.05) is 12.1 Å². The second kappa shape index (κ2) is 5.30. The number of hydrogen-bond acceptors (Lipinski definition) is 4. The molecule has 0 aliphatic rings. The lowest BCUT2D eigenvalue weighted by Crippen LogP contribution is -1.99. The molecule has 0 radical (unpaired) electrons. The van der Waals surface area contributed by atoms with Gasteiger partial charge in [0.2, 0.25) is 0 Å². The molecule has 102 valence electrons. The Morgan fingerprint density at radius 3 is 2.70 bits per heavy atom. The van der Waals surface area contributed by atoms with E-state index in [0.717, 1.165) is 34.5 Å². The molecule has 3 aromatic rings. The highest BCUT2D eigenvalue weighted by molar-refractivity contribution is 5.82. The highest BCUT2D eigenvalue weighted by atomic mass is 16.5. The fraction of sp³-hybridized carbons (Fsp3) is 0.200. The van der Waals surface area contributed by atoms with Crippen molar-refractivity contribution in [3.63, 3.8) is 0 Å². The molecule has 0 aliphatic carbocycles. The Kier molecular flexibility index (Phi) is 3.35. The van der Waals surface area contributed by atoms with E-state index >= 15 is 0 Å². The van der Waals surface area contributed by atoms with Gasteiger partial charge in [-0.25, -0.2) is 9.97 Å². The summed E-state index contributed by atoms with van der Waals surface area (Å²) >= 11 is 0. The zero-order valence-corrected chi connectivity index (χ0v) is 11.3. The minimum absolute atomic E-state index is 0.475. The van der Waals surface area contributed by atoms with Gasteiger partial charge in [-0.15, -0.1) is 0 Å². The normalized spacial score (nSPS) is 10.9. The molecule has 0 bridgehead atoms. The Labute approximate surface area is 116 Å². The predicted octanol–water partition coefficient (Wildman–Crippen LogP) is 2.02. The number of nitrogens with two attached hydrogens (primary N) is 1. The molecular weight excluding hydrogens is 252 g/mol. The molecule has 3 rings (SSSR count). The third-order valence-electron chi connectivity index (χ3n) is 3.38. The van der Waals surface area contributed by atoms with Crippen LogP contribution < -0.4 is 10.5 Å². The first-order valence-corrected chi connectivity index (χ1v) is 6.44. The summed E-state index contributed by atoms with van der Waals surface area (Å²) in [5.41, 5.74) is 9.81. The third kappa shape index (κ3) is 2.23. The highest BCUT2D eigenvalue weighted by Crippen LogP contribution is 2.22. The van der Waals surface area contributed by atoms with Gasteiger partial charge in [0.05, 0.1) is 12.8 Å². The van der Waals surface area contributed by atoms with Crippen LogP contribution in [0.15, 0.2) is 36.8 Å². The van der Waals surface area contributed by atoms with Gasteiger partial charge in [-0.2, -0.15) is 0 Å². The van der Waals surface area contributed by atoms with Crippen molar-refractivity contribution in [1.29, 1.82) is 0 Å². The van der Waals surface area contributed by atoms with E-state index in [1.807, 2.05) is 30.5 Å². The van der Waals surface area contributed by atoms with E-state index in [2.05, 4.69) is 15.0 Å². The Balaban J connectivity index is 1.99. The van der Waals surface area contributed by atoms with Gasteiger partial charge in [-0.3, -0.25) is 0 Å². The summed E-state index contributed by atoms with van der Waals surface area (Å²) in [6, 6.07) is 7.99. The van der Waals surface area contributed by atoms with Gasteiger partial charge in [0.1, 0.15) is 17.7 Å². The van der Waals surface area contributed by atoms with E-state index in [1.54, 1.807) is 13.4 Å². The molecule has 5 nitrogen and oxygen atoms in total. The summed E-state index contributed by atoms with van der Waals surface area (Å²) < 4.78 is 5.17. The van der Waals surface area contributed by atoms with Crippen LogP contribution in [0.1, 0.15) is 16.8 Å². The van der Waals surface area contributed by atoms with E-state index in [-0.39, 0.29) is 0 Å². The number of nitrogens with one attached hydrogen (secondary N) is 1. The minimum atomic E-state index is 0.475. The number of fused-ring (bicyclic) bond motifs is 1.